The molecular formula is C18H20N4O3S. The van der Waals surface area contributed by atoms with Gasteiger partial charge in [0.2, 0.25) is 0 Å². The number of para-hydroxylation sites is 1. The highest BCUT2D eigenvalue weighted by Crippen LogP contribution is 2.31. The number of aromatic amines is 1. The van der Waals surface area contributed by atoms with Gasteiger partial charge in [0.15, 0.2) is 11.0 Å². The van der Waals surface area contributed by atoms with Crippen molar-refractivity contribution >= 4 is 28.6 Å². The Kier molecular flexibility index (Phi) is 4.94. The number of rotatable bonds is 6. The number of carbonyl (C=O) groups excluding carboxylic acids is 1. The van der Waals surface area contributed by atoms with E-state index in [1.807, 2.05) is 24.4 Å². The first-order valence-electron chi connectivity index (χ1n) is 8.57. The topological polar surface area (TPSA) is 82.0 Å². The van der Waals surface area contributed by atoms with Gasteiger partial charge >= 0.3 is 5.97 Å². The van der Waals surface area contributed by atoms with Gasteiger partial charge in [-0.25, -0.2) is 0 Å². The van der Waals surface area contributed by atoms with E-state index >= 15 is 0 Å². The van der Waals surface area contributed by atoms with Crippen LogP contribution < -0.4 is 0 Å². The molecule has 1 atom stereocenters. The van der Waals surface area contributed by atoms with E-state index in [0.717, 1.165) is 41.7 Å². The summed E-state index contributed by atoms with van der Waals surface area (Å²) >= 11 is 1.34. The number of aromatic nitrogens is 4. The minimum Gasteiger partial charge on any atom is -0.468 e. The lowest BCUT2D eigenvalue weighted by atomic mass is 10.1. The molecule has 2 aromatic heterocycles. The van der Waals surface area contributed by atoms with E-state index < -0.39 is 0 Å². The molecule has 0 aliphatic carbocycles. The number of hydrogen-bond donors (Lipinski definition) is 1. The molecule has 0 spiro atoms. The summed E-state index contributed by atoms with van der Waals surface area (Å²) in [4.78, 5) is 14.8. The van der Waals surface area contributed by atoms with Crippen LogP contribution in [0.4, 0.5) is 0 Å². The molecule has 26 heavy (non-hydrogen) atoms. The Morgan fingerprint density at radius 1 is 1.42 bits per heavy atom. The minimum absolute atomic E-state index is 0.146. The number of nitrogens with zero attached hydrogens (tertiary/aromatic N) is 3. The molecule has 0 amide bonds. The van der Waals surface area contributed by atoms with Crippen LogP contribution in [0.3, 0.4) is 0 Å². The van der Waals surface area contributed by atoms with Crippen LogP contribution in [0.5, 0.6) is 0 Å². The summed E-state index contributed by atoms with van der Waals surface area (Å²) in [5, 5.41) is 10.5. The SMILES string of the molecule is COC(=O)CSc1nnc(-c2c[nH]c3ccccc23)n1CC1CCCO1. The lowest BCUT2D eigenvalue weighted by molar-refractivity contribution is -0.137. The van der Waals surface area contributed by atoms with E-state index in [-0.39, 0.29) is 17.8 Å². The average Bonchev–Trinajstić information content (AvgIpc) is 3.40. The van der Waals surface area contributed by atoms with Crippen LogP contribution >= 0.6 is 11.8 Å². The number of methoxy groups -OCH3 is 1. The van der Waals surface area contributed by atoms with Gasteiger partial charge in [-0.2, -0.15) is 0 Å². The molecule has 4 rings (SSSR count). The molecular weight excluding hydrogens is 352 g/mol. The molecule has 7 nitrogen and oxygen atoms in total. The molecule has 1 N–H and O–H groups in total. The summed E-state index contributed by atoms with van der Waals surface area (Å²) in [6, 6.07) is 8.10. The number of ether oxygens (including phenoxy) is 2. The molecule has 0 saturated carbocycles. The zero-order chi connectivity index (χ0) is 17.9. The van der Waals surface area contributed by atoms with Gasteiger partial charge in [0, 0.05) is 29.3 Å². The minimum atomic E-state index is -0.282. The number of nitrogens with one attached hydrogen (secondary N) is 1. The van der Waals surface area contributed by atoms with Gasteiger partial charge in [0.05, 0.1) is 25.5 Å². The molecule has 1 aliphatic heterocycles. The van der Waals surface area contributed by atoms with E-state index in [1.165, 1.54) is 18.9 Å². The summed E-state index contributed by atoms with van der Waals surface area (Å²) in [6.45, 7) is 1.46. The fraction of sp³-hybridized carbons (Fsp3) is 0.389. The summed E-state index contributed by atoms with van der Waals surface area (Å²) < 4.78 is 12.6. The van der Waals surface area contributed by atoms with Gasteiger partial charge in [-0.1, -0.05) is 30.0 Å². The Morgan fingerprint density at radius 2 is 2.31 bits per heavy atom. The first-order valence-corrected chi connectivity index (χ1v) is 9.55. The van der Waals surface area contributed by atoms with Crippen molar-refractivity contribution in [3.8, 4) is 11.4 Å². The van der Waals surface area contributed by atoms with Crippen molar-refractivity contribution in [2.45, 2.75) is 30.6 Å². The van der Waals surface area contributed by atoms with E-state index in [0.29, 0.717) is 11.7 Å². The number of thioether (sulfide) groups is 1. The molecule has 1 aromatic carbocycles. The van der Waals surface area contributed by atoms with Crippen LogP contribution in [-0.2, 0) is 20.8 Å². The average molecular weight is 372 g/mol. The van der Waals surface area contributed by atoms with Gasteiger partial charge in [0.1, 0.15) is 0 Å². The molecule has 0 bridgehead atoms. The second kappa shape index (κ2) is 7.51. The fourth-order valence-electron chi connectivity index (χ4n) is 3.19. The summed E-state index contributed by atoms with van der Waals surface area (Å²) in [5.41, 5.74) is 2.05. The maximum Gasteiger partial charge on any atom is 0.316 e. The normalized spacial score (nSPS) is 17.0. The maximum absolute atomic E-state index is 11.5. The van der Waals surface area contributed by atoms with E-state index in [2.05, 4.69) is 25.8 Å². The van der Waals surface area contributed by atoms with E-state index in [9.17, 15) is 4.79 Å². The predicted octanol–water partition coefficient (Wildman–Crippen LogP) is 2.87. The molecule has 1 aliphatic rings. The summed E-state index contributed by atoms with van der Waals surface area (Å²) in [7, 11) is 1.39. The van der Waals surface area contributed by atoms with Crippen molar-refractivity contribution in [2.24, 2.45) is 0 Å². The highest BCUT2D eigenvalue weighted by molar-refractivity contribution is 7.99. The monoisotopic (exact) mass is 372 g/mol. The van der Waals surface area contributed by atoms with Crippen LogP contribution in [0.1, 0.15) is 12.8 Å². The Morgan fingerprint density at radius 3 is 3.12 bits per heavy atom. The zero-order valence-electron chi connectivity index (χ0n) is 14.5. The van der Waals surface area contributed by atoms with Crippen LogP contribution in [-0.4, -0.2) is 51.3 Å². The van der Waals surface area contributed by atoms with E-state index in [1.54, 1.807) is 0 Å². The molecule has 136 valence electrons. The van der Waals surface area contributed by atoms with Crippen molar-refractivity contribution < 1.29 is 14.3 Å². The largest absolute Gasteiger partial charge is 0.468 e. The van der Waals surface area contributed by atoms with Crippen molar-refractivity contribution in [1.29, 1.82) is 0 Å². The summed E-state index contributed by atoms with van der Waals surface area (Å²) in [6.07, 6.45) is 4.19. The Hall–Kier alpha value is -2.32. The number of fused-ring (bicyclic) bond motifs is 1. The second-order valence-electron chi connectivity index (χ2n) is 6.16. The molecule has 1 saturated heterocycles. The van der Waals surface area contributed by atoms with Crippen molar-refractivity contribution in [1.82, 2.24) is 19.7 Å². The number of benzene rings is 1. The third-order valence-electron chi connectivity index (χ3n) is 4.50. The highest BCUT2D eigenvalue weighted by atomic mass is 32.2. The first kappa shape index (κ1) is 17.1. The van der Waals surface area contributed by atoms with Crippen molar-refractivity contribution in [3.05, 3.63) is 30.5 Å². The number of carbonyl (C=O) groups is 1. The van der Waals surface area contributed by atoms with Crippen LogP contribution in [0.25, 0.3) is 22.3 Å². The Bertz CT molecular complexity index is 914. The zero-order valence-corrected chi connectivity index (χ0v) is 15.3. The molecule has 1 unspecified atom stereocenters. The third kappa shape index (κ3) is 3.34. The molecule has 3 heterocycles. The lowest BCUT2D eigenvalue weighted by Crippen LogP contribution is -2.17. The quantitative estimate of drug-likeness (QED) is 0.529. The molecule has 3 aromatic rings. The maximum atomic E-state index is 11.5. The molecule has 1 fully saturated rings. The Balaban J connectivity index is 1.70. The first-order chi connectivity index (χ1) is 12.8. The van der Waals surface area contributed by atoms with Gasteiger partial charge in [-0.15, -0.1) is 10.2 Å². The smallest absolute Gasteiger partial charge is 0.316 e. The predicted molar refractivity (Wildman–Crippen MR) is 99.0 cm³/mol. The van der Waals surface area contributed by atoms with Crippen molar-refractivity contribution in [2.75, 3.05) is 19.5 Å². The third-order valence-corrected chi connectivity index (χ3v) is 5.44. The number of esters is 1. The molecule has 0 radical (unpaired) electrons. The van der Waals surface area contributed by atoms with E-state index in [4.69, 9.17) is 9.47 Å². The fourth-order valence-corrected chi connectivity index (χ4v) is 3.97. The number of hydrogen-bond acceptors (Lipinski definition) is 6. The number of H-pyrrole nitrogens is 1. The summed E-state index contributed by atoms with van der Waals surface area (Å²) in [5.74, 6) is 0.703. The highest BCUT2D eigenvalue weighted by Gasteiger charge is 2.23. The standard InChI is InChI=1S/C18H20N4O3S/c1-24-16(23)11-26-18-21-20-17(22(18)10-12-5-4-8-25-12)14-9-19-15-7-3-2-6-13(14)15/h2-3,6-7,9,12,19H,4-5,8,10-11H2,1H3. The van der Waals surface area contributed by atoms with Crippen molar-refractivity contribution in [3.63, 3.8) is 0 Å². The van der Waals surface area contributed by atoms with Gasteiger partial charge in [0.25, 0.3) is 0 Å². The van der Waals surface area contributed by atoms with Gasteiger partial charge in [-0.3, -0.25) is 9.36 Å². The second-order valence-corrected chi connectivity index (χ2v) is 7.11. The lowest BCUT2D eigenvalue weighted by Gasteiger charge is -2.14. The molecule has 8 heteroatoms. The van der Waals surface area contributed by atoms with Crippen LogP contribution in [0.2, 0.25) is 0 Å². The van der Waals surface area contributed by atoms with Crippen LogP contribution in [0, 0.1) is 0 Å². The van der Waals surface area contributed by atoms with Gasteiger partial charge < -0.3 is 14.5 Å². The van der Waals surface area contributed by atoms with Crippen LogP contribution in [0.15, 0.2) is 35.6 Å². The Labute approximate surface area is 155 Å². The van der Waals surface area contributed by atoms with Gasteiger partial charge in [-0.05, 0) is 18.9 Å².